The van der Waals surface area contributed by atoms with E-state index in [-0.39, 0.29) is 39.1 Å². The summed E-state index contributed by atoms with van der Waals surface area (Å²) in [6.45, 7) is -2.78. The minimum atomic E-state index is -2.17. The number of phenols is 9. The lowest BCUT2D eigenvalue weighted by Gasteiger charge is -2.43. The third kappa shape index (κ3) is 11.7. The van der Waals surface area contributed by atoms with Crippen LogP contribution >= 0.6 is 0 Å². The molecule has 0 spiro atoms. The molecule has 20 atom stereocenters. The predicted octanol–water partition coefficient (Wildman–Crippen LogP) is -0.409. The first-order chi connectivity index (χ1) is 44.8. The lowest BCUT2D eigenvalue weighted by molar-refractivity contribution is -0.277. The molecule has 0 amide bonds. The molecule has 6 aromatic carbocycles. The molecule has 12 rings (SSSR count). The number of hydrogen-bond donors (Lipinski definition) is 21. The Morgan fingerprint density at radius 3 is 1.20 bits per heavy atom. The van der Waals surface area contributed by atoms with E-state index in [2.05, 4.69) is 0 Å². The highest BCUT2D eigenvalue weighted by atomic mass is 16.7. The molecule has 20 unspecified atom stereocenters. The van der Waals surface area contributed by atoms with Gasteiger partial charge in [0.1, 0.15) is 149 Å². The fraction of sp³-hybridized carbons (Fsp3) is 0.413. The summed E-state index contributed by atoms with van der Waals surface area (Å²) in [6.07, 6.45) is -34.6. The molecule has 31 heteroatoms. The van der Waals surface area contributed by atoms with E-state index in [1.807, 2.05) is 0 Å². The summed E-state index contributed by atoms with van der Waals surface area (Å²) >= 11 is 0. The van der Waals surface area contributed by atoms with E-state index in [1.165, 1.54) is 18.2 Å². The van der Waals surface area contributed by atoms with E-state index in [1.54, 1.807) is 0 Å². The summed E-state index contributed by atoms with van der Waals surface area (Å²) < 4.78 is 56.4. The Bertz CT molecular complexity index is 3840. The molecule has 0 radical (unpaired) electrons. The zero-order valence-electron chi connectivity index (χ0n) is 48.8. The first-order valence-corrected chi connectivity index (χ1v) is 29.5. The van der Waals surface area contributed by atoms with Crippen molar-refractivity contribution in [3.05, 3.63) is 123 Å². The number of fused-ring (bicyclic) bond motifs is 3. The summed E-state index contributed by atoms with van der Waals surface area (Å²) in [5.41, 5.74) is -1.41. The third-order valence-electron chi connectivity index (χ3n) is 17.8. The molecule has 504 valence electrons. The molecule has 6 heterocycles. The number of ether oxygens (including phenoxy) is 9. The number of carbonyl (C=O) groups excluding carboxylic acids is 1. The Balaban J connectivity index is 1.14. The van der Waals surface area contributed by atoms with Gasteiger partial charge in [-0.15, -0.1) is 0 Å². The van der Waals surface area contributed by atoms with Gasteiger partial charge in [0, 0.05) is 71.2 Å². The molecule has 0 bridgehead atoms. The van der Waals surface area contributed by atoms with E-state index in [0.29, 0.717) is 0 Å². The topological polar surface area (TPSA) is 525 Å². The highest BCUT2D eigenvalue weighted by molar-refractivity contribution is 6.03. The summed E-state index contributed by atoms with van der Waals surface area (Å²) in [5, 5.41) is 232. The molecular weight excluding hydrogens is 1250 g/mol. The van der Waals surface area contributed by atoms with E-state index >= 15 is 4.79 Å². The van der Waals surface area contributed by atoms with Crippen molar-refractivity contribution < 1.29 is 155 Å². The van der Waals surface area contributed by atoms with Crippen LogP contribution in [0.15, 0.2) is 78.9 Å². The van der Waals surface area contributed by atoms with Gasteiger partial charge in [-0.3, -0.25) is 4.79 Å². The Labute approximate surface area is 529 Å². The Hall–Kier alpha value is -8.61. The lowest BCUT2D eigenvalue weighted by Crippen LogP contribution is -2.60. The van der Waals surface area contributed by atoms with Crippen LogP contribution < -0.4 is 28.4 Å². The average Bonchev–Trinajstić information content (AvgIpc) is 0.718. The van der Waals surface area contributed by atoms with Crippen molar-refractivity contribution >= 4 is 5.78 Å². The second-order valence-electron chi connectivity index (χ2n) is 23.6. The van der Waals surface area contributed by atoms with Gasteiger partial charge in [-0.05, 0) is 53.1 Å². The standard InChI is InChI=1S/C63H66O31/c64-17-42-50(77)53(80)56(83)61(92-42)89-39-11-23(67)10-38-47(39)24(12-35(86-38)20-1-4-26(68)29(71)7-20)45-32(74)15-40(90-62-57(84)54(81)51(78)43(18-65)93-62)48-25(13-36(87-59(45)48)21-2-5-27(69)30(72)8-21)46-33(75)16-41(91-63-58(85)55(82)52(79)44(19-66)94-63)49-34(76)14-37(88-60(46)49)22-3-6-28(70)31(73)9-22/h1-11,15-16,24-25,35-37,42-44,50-58,61-75,77-85H,12-14,17-19H2. The SMILES string of the molecule is O=C1CC(c2ccc(O)c(O)c2)Oc2c1c(OC1OC(CO)C(O)C(O)C1O)cc(O)c2C1CC(c2ccc(O)c(O)c2)Oc2c(C3CC(c4ccc(O)c(O)c4)Oc4cc(O)cc(OC5OC(CO)C(O)C(O)C5O)c43)c(O)cc(OC3OC(CO)C(O)C(O)C3O)c21. The minimum Gasteiger partial charge on any atom is -0.508 e. The average molecular weight is 1320 g/mol. The van der Waals surface area contributed by atoms with Gasteiger partial charge in [-0.25, -0.2) is 0 Å². The molecule has 0 saturated carbocycles. The van der Waals surface area contributed by atoms with Crippen molar-refractivity contribution in [2.45, 2.75) is 142 Å². The molecule has 0 aliphatic carbocycles. The molecule has 6 aliphatic heterocycles. The zero-order chi connectivity index (χ0) is 67.2. The van der Waals surface area contributed by atoms with Gasteiger partial charge < -0.3 is 150 Å². The van der Waals surface area contributed by atoms with E-state index in [9.17, 15) is 107 Å². The quantitative estimate of drug-likeness (QED) is 0.0617. The van der Waals surface area contributed by atoms with E-state index < -0.39 is 259 Å². The van der Waals surface area contributed by atoms with E-state index in [4.69, 9.17) is 42.6 Å². The summed E-state index contributed by atoms with van der Waals surface area (Å²) in [7, 11) is 0. The maximum absolute atomic E-state index is 15.2. The molecule has 94 heavy (non-hydrogen) atoms. The van der Waals surface area contributed by atoms with Gasteiger partial charge in [0.15, 0.2) is 40.3 Å². The number of ketones is 1. The number of aromatic hydroxyl groups is 9. The Kier molecular flexibility index (Phi) is 17.8. The van der Waals surface area contributed by atoms with E-state index in [0.717, 1.165) is 60.7 Å². The third-order valence-corrected chi connectivity index (χ3v) is 17.8. The van der Waals surface area contributed by atoms with Crippen LogP contribution in [0.4, 0.5) is 0 Å². The predicted molar refractivity (Wildman–Crippen MR) is 309 cm³/mol. The van der Waals surface area contributed by atoms with Gasteiger partial charge in [0.25, 0.3) is 0 Å². The number of phenolic OH excluding ortho intramolecular Hbond substituents is 9. The Morgan fingerprint density at radius 1 is 0.372 bits per heavy atom. The van der Waals surface area contributed by atoms with Crippen LogP contribution in [0.5, 0.6) is 86.2 Å². The minimum absolute atomic E-state index is 0.0448. The van der Waals surface area contributed by atoms with Crippen molar-refractivity contribution in [3.63, 3.8) is 0 Å². The number of carbonyl (C=O) groups is 1. The highest BCUT2D eigenvalue weighted by Crippen LogP contribution is 2.63. The molecular formula is C63H66O31. The number of rotatable bonds is 14. The second-order valence-corrected chi connectivity index (χ2v) is 23.6. The number of aliphatic hydroxyl groups is 12. The molecule has 0 aromatic heterocycles. The Morgan fingerprint density at radius 2 is 0.755 bits per heavy atom. The van der Waals surface area contributed by atoms with Crippen LogP contribution in [0.3, 0.4) is 0 Å². The van der Waals surface area contributed by atoms with Gasteiger partial charge in [-0.1, -0.05) is 18.2 Å². The maximum atomic E-state index is 15.2. The van der Waals surface area contributed by atoms with Gasteiger partial charge in [0.2, 0.25) is 18.9 Å². The summed E-state index contributed by atoms with van der Waals surface area (Å²) in [5.74, 6) is -12.8. The van der Waals surface area contributed by atoms with Crippen LogP contribution in [0, 0.1) is 0 Å². The van der Waals surface area contributed by atoms with Crippen LogP contribution in [0.2, 0.25) is 0 Å². The molecule has 6 aliphatic rings. The number of benzene rings is 6. The number of aliphatic hydroxyl groups excluding tert-OH is 12. The van der Waals surface area contributed by atoms with Crippen molar-refractivity contribution in [1.29, 1.82) is 0 Å². The highest BCUT2D eigenvalue weighted by Gasteiger charge is 2.52. The molecule has 31 nitrogen and oxygen atoms in total. The fourth-order valence-electron chi connectivity index (χ4n) is 12.8. The zero-order valence-corrected chi connectivity index (χ0v) is 48.8. The van der Waals surface area contributed by atoms with Crippen molar-refractivity contribution in [1.82, 2.24) is 0 Å². The normalized spacial score (nSPS) is 32.1. The number of hydrogen-bond acceptors (Lipinski definition) is 31. The van der Waals surface area contributed by atoms with Gasteiger partial charge in [0.05, 0.1) is 26.2 Å². The first kappa shape index (κ1) is 65.5. The van der Waals surface area contributed by atoms with Crippen molar-refractivity contribution in [2.75, 3.05) is 19.8 Å². The maximum Gasteiger partial charge on any atom is 0.229 e. The van der Waals surface area contributed by atoms with Gasteiger partial charge in [-0.2, -0.15) is 0 Å². The van der Waals surface area contributed by atoms with Crippen LogP contribution in [0.1, 0.15) is 98.7 Å². The van der Waals surface area contributed by atoms with Crippen LogP contribution in [-0.2, 0) is 14.2 Å². The van der Waals surface area contributed by atoms with Crippen molar-refractivity contribution in [3.8, 4) is 86.2 Å². The monoisotopic (exact) mass is 1320 g/mol. The smallest absolute Gasteiger partial charge is 0.229 e. The lowest BCUT2D eigenvalue weighted by atomic mass is 9.75. The first-order valence-electron chi connectivity index (χ1n) is 29.5. The number of Topliss-reactive ketones (excluding diaryl/α,β-unsaturated/α-hetero) is 1. The summed E-state index contributed by atoms with van der Waals surface area (Å²) in [6, 6.07) is 14.6. The van der Waals surface area contributed by atoms with Crippen molar-refractivity contribution in [2.24, 2.45) is 0 Å². The van der Waals surface area contributed by atoms with Crippen LogP contribution in [0.25, 0.3) is 0 Å². The van der Waals surface area contributed by atoms with Gasteiger partial charge >= 0.3 is 0 Å². The molecule has 3 fully saturated rings. The molecule has 21 N–H and O–H groups in total. The fourth-order valence-corrected chi connectivity index (χ4v) is 12.8. The second kappa shape index (κ2) is 25.6. The van der Waals surface area contributed by atoms with Crippen LogP contribution in [-0.4, -0.2) is 225 Å². The molecule has 3 saturated heterocycles. The molecule has 6 aromatic rings. The summed E-state index contributed by atoms with van der Waals surface area (Å²) in [4.78, 5) is 15.2. The largest absolute Gasteiger partial charge is 0.508 e.